The van der Waals surface area contributed by atoms with Crippen molar-refractivity contribution in [2.45, 2.75) is 6.92 Å². The molecule has 1 aliphatic rings. The van der Waals surface area contributed by atoms with E-state index in [2.05, 4.69) is 49.9 Å². The molecule has 1 aliphatic heterocycles. The second-order valence-electron chi connectivity index (χ2n) is 12.1. The van der Waals surface area contributed by atoms with Gasteiger partial charge < -0.3 is 4.57 Å². The smallest absolute Gasteiger partial charge is 0.268 e. The first-order valence-corrected chi connectivity index (χ1v) is 16.0. The topological polar surface area (TPSA) is 81.0 Å². The average Bonchev–Trinajstić information content (AvgIpc) is 3.62. The van der Waals surface area contributed by atoms with Crippen molar-refractivity contribution in [3.8, 4) is 39.3 Å². The van der Waals surface area contributed by atoms with Crippen molar-refractivity contribution in [3.63, 3.8) is 0 Å². The standard InChI is InChI=1S/C42H27N5O2/c1-26-43-25-44-40(45-26)30-20-22-37-34(24-30)31-15-8-9-17-35(31)46(37)38-18-10-16-32-39(38)42(49)47(41(32)48)36-21-19-29(27-11-4-2-5-12-27)23-33(36)28-13-6-3-7-14-28/h2-25H,1H3. The minimum atomic E-state index is -0.358. The van der Waals surface area contributed by atoms with Gasteiger partial charge in [0.05, 0.1) is 33.5 Å². The molecule has 7 nitrogen and oxygen atoms in total. The Balaban J connectivity index is 1.22. The highest BCUT2D eigenvalue weighted by Crippen LogP contribution is 2.42. The van der Waals surface area contributed by atoms with E-state index in [9.17, 15) is 9.59 Å². The van der Waals surface area contributed by atoms with Crippen LogP contribution >= 0.6 is 0 Å². The molecular formula is C42H27N5O2. The molecule has 49 heavy (non-hydrogen) atoms. The molecule has 0 radical (unpaired) electrons. The van der Waals surface area contributed by atoms with E-state index < -0.39 is 0 Å². The Bertz CT molecular complexity index is 2610. The molecule has 2 amide bonds. The predicted octanol–water partition coefficient (Wildman–Crippen LogP) is 9.08. The molecule has 0 saturated carbocycles. The Labute approximate surface area is 281 Å². The SMILES string of the molecule is Cc1ncnc(-c2ccc3c(c2)c2ccccc2n3-c2cccc3c2C(=O)N(c2ccc(-c4ccccc4)cc2-c2ccccc2)C3=O)n1. The average molecular weight is 634 g/mol. The summed E-state index contributed by atoms with van der Waals surface area (Å²) in [6.45, 7) is 1.84. The number of aromatic nitrogens is 4. The number of hydrogen-bond donors (Lipinski definition) is 0. The van der Waals surface area contributed by atoms with E-state index in [1.165, 1.54) is 11.2 Å². The van der Waals surface area contributed by atoms with Crippen LogP contribution in [0.5, 0.6) is 0 Å². The maximum Gasteiger partial charge on any atom is 0.268 e. The molecule has 0 N–H and O–H groups in total. The fourth-order valence-electron chi connectivity index (χ4n) is 6.95. The van der Waals surface area contributed by atoms with Gasteiger partial charge in [0.25, 0.3) is 11.8 Å². The van der Waals surface area contributed by atoms with E-state index in [1.54, 1.807) is 6.07 Å². The van der Waals surface area contributed by atoms with E-state index in [-0.39, 0.29) is 11.8 Å². The minimum absolute atomic E-state index is 0.347. The minimum Gasteiger partial charge on any atom is -0.308 e. The Hall–Kier alpha value is -6.73. The van der Waals surface area contributed by atoms with Crippen LogP contribution in [0.2, 0.25) is 0 Å². The Morgan fingerprint density at radius 2 is 1.22 bits per heavy atom. The highest BCUT2D eigenvalue weighted by Gasteiger charge is 2.40. The molecule has 0 saturated heterocycles. The lowest BCUT2D eigenvalue weighted by atomic mass is 9.97. The van der Waals surface area contributed by atoms with Gasteiger partial charge in [-0.2, -0.15) is 0 Å². The largest absolute Gasteiger partial charge is 0.308 e. The van der Waals surface area contributed by atoms with Crippen LogP contribution in [0.3, 0.4) is 0 Å². The number of carbonyl (C=O) groups excluding carboxylic acids is 2. The van der Waals surface area contributed by atoms with Gasteiger partial charge in [-0.3, -0.25) is 9.59 Å². The van der Waals surface area contributed by atoms with Gasteiger partial charge in [-0.05, 0) is 72.1 Å². The van der Waals surface area contributed by atoms with Crippen LogP contribution in [0, 0.1) is 6.92 Å². The molecule has 3 heterocycles. The zero-order valence-electron chi connectivity index (χ0n) is 26.4. The predicted molar refractivity (Wildman–Crippen MR) is 193 cm³/mol. The fraction of sp³-hybridized carbons (Fsp3) is 0.0238. The zero-order valence-corrected chi connectivity index (χ0v) is 26.4. The maximum absolute atomic E-state index is 14.7. The number of imide groups is 1. The number of benzene rings is 6. The molecular weight excluding hydrogens is 606 g/mol. The molecule has 0 atom stereocenters. The molecule has 2 aromatic heterocycles. The van der Waals surface area contributed by atoms with Crippen LogP contribution < -0.4 is 4.90 Å². The molecule has 6 aromatic carbocycles. The quantitative estimate of drug-likeness (QED) is 0.177. The van der Waals surface area contributed by atoms with Gasteiger partial charge in [-0.15, -0.1) is 0 Å². The molecule has 0 spiro atoms. The summed E-state index contributed by atoms with van der Waals surface area (Å²) in [5, 5.41) is 2.00. The summed E-state index contributed by atoms with van der Waals surface area (Å²) < 4.78 is 2.08. The van der Waals surface area contributed by atoms with Crippen LogP contribution in [0.1, 0.15) is 26.5 Å². The summed E-state index contributed by atoms with van der Waals surface area (Å²) in [6, 6.07) is 45.6. The number of hydrogen-bond acceptors (Lipinski definition) is 5. The van der Waals surface area contributed by atoms with Gasteiger partial charge in [0, 0.05) is 21.9 Å². The van der Waals surface area contributed by atoms with E-state index in [4.69, 9.17) is 0 Å². The molecule has 0 fully saturated rings. The third kappa shape index (κ3) is 4.55. The van der Waals surface area contributed by atoms with Crippen molar-refractivity contribution in [1.29, 1.82) is 0 Å². The van der Waals surface area contributed by atoms with Crippen molar-refractivity contribution in [1.82, 2.24) is 19.5 Å². The van der Waals surface area contributed by atoms with Gasteiger partial charge in [-0.25, -0.2) is 19.9 Å². The molecule has 9 rings (SSSR count). The van der Waals surface area contributed by atoms with E-state index in [1.807, 2.05) is 110 Å². The number of aryl methyl sites for hydroxylation is 1. The monoisotopic (exact) mass is 633 g/mol. The number of fused-ring (bicyclic) bond motifs is 4. The van der Waals surface area contributed by atoms with Crippen molar-refractivity contribution < 1.29 is 9.59 Å². The van der Waals surface area contributed by atoms with E-state index >= 15 is 0 Å². The lowest BCUT2D eigenvalue weighted by Crippen LogP contribution is -2.30. The molecule has 232 valence electrons. The second kappa shape index (κ2) is 11.2. The number of amides is 2. The third-order valence-electron chi connectivity index (χ3n) is 9.19. The summed E-state index contributed by atoms with van der Waals surface area (Å²) in [5.74, 6) is 0.532. The highest BCUT2D eigenvalue weighted by molar-refractivity contribution is 6.36. The summed E-state index contributed by atoms with van der Waals surface area (Å²) in [7, 11) is 0. The number of anilines is 1. The lowest BCUT2D eigenvalue weighted by molar-refractivity contribution is 0.0926. The zero-order chi connectivity index (χ0) is 33.1. The van der Waals surface area contributed by atoms with Crippen molar-refractivity contribution in [2.24, 2.45) is 0 Å². The van der Waals surface area contributed by atoms with E-state index in [0.29, 0.717) is 34.2 Å². The number of nitrogens with zero attached hydrogens (tertiary/aromatic N) is 5. The molecule has 0 aliphatic carbocycles. The lowest BCUT2D eigenvalue weighted by Gasteiger charge is -2.20. The summed E-state index contributed by atoms with van der Waals surface area (Å²) in [5.41, 5.74) is 8.39. The molecule has 0 bridgehead atoms. The van der Waals surface area contributed by atoms with Gasteiger partial charge in [0.1, 0.15) is 12.2 Å². The first-order valence-electron chi connectivity index (χ1n) is 16.0. The highest BCUT2D eigenvalue weighted by atomic mass is 16.2. The Morgan fingerprint density at radius 1 is 0.510 bits per heavy atom. The van der Waals surface area contributed by atoms with Crippen LogP contribution in [-0.4, -0.2) is 31.3 Å². The Morgan fingerprint density at radius 3 is 2.02 bits per heavy atom. The van der Waals surface area contributed by atoms with Crippen molar-refractivity contribution in [3.05, 3.63) is 163 Å². The fourth-order valence-corrected chi connectivity index (χ4v) is 6.95. The summed E-state index contributed by atoms with van der Waals surface area (Å²) in [6.07, 6.45) is 1.52. The maximum atomic E-state index is 14.7. The van der Waals surface area contributed by atoms with Gasteiger partial charge >= 0.3 is 0 Å². The van der Waals surface area contributed by atoms with E-state index in [0.717, 1.165) is 49.6 Å². The molecule has 0 unspecified atom stereocenters. The van der Waals surface area contributed by atoms with Crippen molar-refractivity contribution >= 4 is 39.3 Å². The molecule has 8 aromatic rings. The van der Waals surface area contributed by atoms with Crippen LogP contribution in [-0.2, 0) is 0 Å². The van der Waals surface area contributed by atoms with Crippen LogP contribution in [0.4, 0.5) is 5.69 Å². The van der Waals surface area contributed by atoms with Gasteiger partial charge in [-0.1, -0.05) is 91.0 Å². The van der Waals surface area contributed by atoms with Gasteiger partial charge in [0.2, 0.25) is 0 Å². The summed E-state index contributed by atoms with van der Waals surface area (Å²) >= 11 is 0. The van der Waals surface area contributed by atoms with Crippen molar-refractivity contribution in [2.75, 3.05) is 4.90 Å². The third-order valence-corrected chi connectivity index (χ3v) is 9.19. The number of carbonyl (C=O) groups is 2. The normalized spacial score (nSPS) is 12.6. The van der Waals surface area contributed by atoms with Crippen LogP contribution in [0.15, 0.2) is 146 Å². The summed E-state index contributed by atoms with van der Waals surface area (Å²) in [4.78, 5) is 43.4. The first-order chi connectivity index (χ1) is 24.1. The van der Waals surface area contributed by atoms with Gasteiger partial charge in [0.15, 0.2) is 5.82 Å². The number of rotatable bonds is 5. The molecule has 7 heteroatoms. The number of para-hydroxylation sites is 1. The van der Waals surface area contributed by atoms with Crippen LogP contribution in [0.25, 0.3) is 61.1 Å². The second-order valence-corrected chi connectivity index (χ2v) is 12.1. The Kier molecular flexibility index (Phi) is 6.52. The first kappa shape index (κ1) is 28.5.